The number of halogens is 4. The van der Waals surface area contributed by atoms with Crippen molar-refractivity contribution in [3.63, 3.8) is 0 Å². The minimum Gasteiger partial charge on any atom is -0.479 e. The molecule has 3 aromatic rings. The van der Waals surface area contributed by atoms with Crippen molar-refractivity contribution in [2.24, 2.45) is 0 Å². The van der Waals surface area contributed by atoms with Gasteiger partial charge in [0.05, 0.1) is 17.6 Å². The zero-order valence-electron chi connectivity index (χ0n) is 13.6. The first-order valence-corrected chi connectivity index (χ1v) is 7.95. The number of carbonyl (C=O) groups is 1. The van der Waals surface area contributed by atoms with Crippen LogP contribution in [0.4, 0.5) is 17.6 Å². The molecule has 27 heavy (non-hydrogen) atoms. The van der Waals surface area contributed by atoms with Crippen molar-refractivity contribution in [2.75, 3.05) is 0 Å². The van der Waals surface area contributed by atoms with Crippen molar-refractivity contribution in [1.29, 1.82) is 0 Å². The molecular formula is C18H12F4N2O3. The summed E-state index contributed by atoms with van der Waals surface area (Å²) in [5.41, 5.74) is -0.144. The van der Waals surface area contributed by atoms with E-state index < -0.39 is 35.7 Å². The monoisotopic (exact) mass is 380 g/mol. The number of hydrogen-bond donors (Lipinski definition) is 1. The van der Waals surface area contributed by atoms with E-state index in [1.807, 2.05) is 0 Å². The van der Waals surface area contributed by atoms with Crippen molar-refractivity contribution in [2.45, 2.75) is 24.9 Å². The Morgan fingerprint density at radius 3 is 2.59 bits per heavy atom. The molecule has 1 saturated heterocycles. The molecule has 2 unspecified atom stereocenters. The van der Waals surface area contributed by atoms with Gasteiger partial charge in [-0.3, -0.25) is 4.68 Å². The number of benzene rings is 2. The summed E-state index contributed by atoms with van der Waals surface area (Å²) in [5.74, 6) is -1.69. The summed E-state index contributed by atoms with van der Waals surface area (Å²) in [7, 11) is 0. The highest BCUT2D eigenvalue weighted by atomic mass is 19.4. The summed E-state index contributed by atoms with van der Waals surface area (Å²) in [6.45, 7) is -0.0149. The number of carboxylic acid groups (broad SMARTS) is 1. The number of ether oxygens (including phenoxy) is 1. The molecule has 0 saturated carbocycles. The molecule has 4 rings (SSSR count). The normalized spacial score (nSPS) is 19.4. The third-order valence-electron chi connectivity index (χ3n) is 4.39. The van der Waals surface area contributed by atoms with Crippen molar-refractivity contribution in [3.8, 4) is 0 Å². The lowest BCUT2D eigenvalue weighted by Crippen LogP contribution is -2.06. The van der Waals surface area contributed by atoms with E-state index in [9.17, 15) is 22.4 Å². The maximum Gasteiger partial charge on any atom is 0.416 e. The molecule has 5 nitrogen and oxygen atoms in total. The first-order chi connectivity index (χ1) is 12.8. The van der Waals surface area contributed by atoms with E-state index in [4.69, 9.17) is 9.84 Å². The minimum absolute atomic E-state index is 0.0149. The summed E-state index contributed by atoms with van der Waals surface area (Å²) in [6.07, 6.45) is -6.65. The van der Waals surface area contributed by atoms with Crippen molar-refractivity contribution < 1.29 is 32.2 Å². The van der Waals surface area contributed by atoms with Crippen LogP contribution in [0.25, 0.3) is 10.9 Å². The Bertz CT molecular complexity index is 1040. The van der Waals surface area contributed by atoms with Gasteiger partial charge in [-0.1, -0.05) is 18.2 Å². The van der Waals surface area contributed by atoms with E-state index in [-0.39, 0.29) is 17.6 Å². The van der Waals surface area contributed by atoms with E-state index in [0.717, 1.165) is 12.1 Å². The Labute approximate surface area is 149 Å². The average Bonchev–Trinajstić information content (AvgIpc) is 3.33. The van der Waals surface area contributed by atoms with Gasteiger partial charge < -0.3 is 9.84 Å². The number of alkyl halides is 3. The zero-order valence-corrected chi connectivity index (χ0v) is 13.6. The molecule has 0 bridgehead atoms. The molecule has 2 atom stereocenters. The Hall–Kier alpha value is -2.94. The predicted molar refractivity (Wildman–Crippen MR) is 85.5 cm³/mol. The van der Waals surface area contributed by atoms with Gasteiger partial charge in [-0.05, 0) is 24.3 Å². The number of epoxide rings is 1. The van der Waals surface area contributed by atoms with E-state index >= 15 is 0 Å². The average molecular weight is 380 g/mol. The fourth-order valence-electron chi connectivity index (χ4n) is 3.01. The third kappa shape index (κ3) is 3.14. The van der Waals surface area contributed by atoms with Gasteiger partial charge in [0.1, 0.15) is 17.6 Å². The largest absolute Gasteiger partial charge is 0.479 e. The fraction of sp³-hybridized carbons (Fsp3) is 0.222. The summed E-state index contributed by atoms with van der Waals surface area (Å²) >= 11 is 0. The molecule has 0 radical (unpaired) electrons. The highest BCUT2D eigenvalue weighted by Crippen LogP contribution is 2.42. The summed E-state index contributed by atoms with van der Waals surface area (Å²) in [5, 5.41) is 13.4. The van der Waals surface area contributed by atoms with E-state index in [1.54, 1.807) is 12.1 Å². The number of carboxylic acids is 1. The number of nitrogens with zero attached hydrogens (tertiary/aromatic N) is 2. The standard InChI is InChI=1S/C18H12F4N2O3/c19-12-4-2-1-3-9(12)8-24-13-6-5-10(18(20,21)22)7-11(13)14(23-24)15-16(27-15)17(25)26/h1-7,15-16H,8H2,(H,25,26). The summed E-state index contributed by atoms with van der Waals surface area (Å²) < 4.78 is 59.6. The quantitative estimate of drug-likeness (QED) is 0.553. The lowest BCUT2D eigenvalue weighted by atomic mass is 10.1. The molecule has 2 heterocycles. The van der Waals surface area contributed by atoms with E-state index in [2.05, 4.69) is 5.10 Å². The highest BCUT2D eigenvalue weighted by Gasteiger charge is 2.49. The van der Waals surface area contributed by atoms with Crippen molar-refractivity contribution in [1.82, 2.24) is 9.78 Å². The van der Waals surface area contributed by atoms with Crippen LogP contribution in [0, 0.1) is 5.82 Å². The number of aliphatic carboxylic acids is 1. The Morgan fingerprint density at radius 2 is 1.96 bits per heavy atom. The fourth-order valence-corrected chi connectivity index (χ4v) is 3.01. The molecule has 2 aromatic carbocycles. The first kappa shape index (κ1) is 17.5. The number of rotatable bonds is 4. The summed E-state index contributed by atoms with van der Waals surface area (Å²) in [6, 6.07) is 9.04. The predicted octanol–water partition coefficient (Wildman–Crippen LogP) is 3.77. The van der Waals surface area contributed by atoms with Gasteiger partial charge in [-0.2, -0.15) is 18.3 Å². The number of fused-ring (bicyclic) bond motifs is 1. The number of aromatic nitrogens is 2. The van der Waals surface area contributed by atoms with Crippen LogP contribution in [-0.4, -0.2) is 27.0 Å². The molecule has 0 aliphatic carbocycles. The first-order valence-electron chi connectivity index (χ1n) is 7.95. The molecule has 1 aliphatic heterocycles. The van der Waals surface area contributed by atoms with Gasteiger partial charge in [0.15, 0.2) is 6.10 Å². The van der Waals surface area contributed by atoms with Crippen LogP contribution in [0.1, 0.15) is 22.9 Å². The Morgan fingerprint density at radius 1 is 1.22 bits per heavy atom. The lowest BCUT2D eigenvalue weighted by Gasteiger charge is -2.08. The van der Waals surface area contributed by atoms with Crippen LogP contribution < -0.4 is 0 Å². The molecular weight excluding hydrogens is 368 g/mol. The van der Waals surface area contributed by atoms with Crippen LogP contribution in [0.3, 0.4) is 0 Å². The second kappa shape index (κ2) is 6.05. The van der Waals surface area contributed by atoms with Gasteiger partial charge in [-0.25, -0.2) is 9.18 Å². The van der Waals surface area contributed by atoms with Gasteiger partial charge in [0, 0.05) is 10.9 Å². The van der Waals surface area contributed by atoms with Crippen LogP contribution in [0.5, 0.6) is 0 Å². The van der Waals surface area contributed by atoms with Gasteiger partial charge in [0.25, 0.3) is 0 Å². The highest BCUT2D eigenvalue weighted by molar-refractivity contribution is 5.86. The Balaban J connectivity index is 1.83. The molecule has 140 valence electrons. The molecule has 1 N–H and O–H groups in total. The van der Waals surface area contributed by atoms with E-state index in [0.29, 0.717) is 11.1 Å². The van der Waals surface area contributed by atoms with Crippen LogP contribution in [-0.2, 0) is 22.3 Å². The molecule has 0 spiro atoms. The van der Waals surface area contributed by atoms with Gasteiger partial charge in [-0.15, -0.1) is 0 Å². The molecule has 9 heteroatoms. The lowest BCUT2D eigenvalue weighted by molar-refractivity contribution is -0.138. The molecule has 1 aliphatic rings. The summed E-state index contributed by atoms with van der Waals surface area (Å²) in [4.78, 5) is 11.1. The topological polar surface area (TPSA) is 67.7 Å². The van der Waals surface area contributed by atoms with Gasteiger partial charge >= 0.3 is 12.1 Å². The molecule has 0 amide bonds. The number of hydrogen-bond acceptors (Lipinski definition) is 3. The van der Waals surface area contributed by atoms with Crippen LogP contribution in [0.2, 0.25) is 0 Å². The van der Waals surface area contributed by atoms with Crippen LogP contribution in [0.15, 0.2) is 42.5 Å². The second-order valence-electron chi connectivity index (χ2n) is 6.18. The second-order valence-corrected chi connectivity index (χ2v) is 6.18. The third-order valence-corrected chi connectivity index (χ3v) is 4.39. The molecule has 1 fully saturated rings. The minimum atomic E-state index is -4.56. The van der Waals surface area contributed by atoms with Gasteiger partial charge in [0.2, 0.25) is 0 Å². The van der Waals surface area contributed by atoms with Crippen molar-refractivity contribution in [3.05, 3.63) is 65.1 Å². The zero-order chi connectivity index (χ0) is 19.3. The smallest absolute Gasteiger partial charge is 0.416 e. The van der Waals surface area contributed by atoms with Crippen molar-refractivity contribution >= 4 is 16.9 Å². The Kier molecular flexibility index (Phi) is 3.92. The maximum absolute atomic E-state index is 13.9. The maximum atomic E-state index is 13.9. The van der Waals surface area contributed by atoms with E-state index in [1.165, 1.54) is 22.9 Å². The molecule has 1 aromatic heterocycles. The SMILES string of the molecule is O=C(O)C1OC1c1nn(Cc2ccccc2F)c2ccc(C(F)(F)F)cc12. The van der Waals surface area contributed by atoms with Crippen LogP contribution >= 0.6 is 0 Å².